The van der Waals surface area contributed by atoms with Crippen molar-refractivity contribution in [1.82, 2.24) is 0 Å². The van der Waals surface area contributed by atoms with Crippen LogP contribution in [0.3, 0.4) is 0 Å². The first-order valence-corrected chi connectivity index (χ1v) is 10.1. The van der Waals surface area contributed by atoms with Crippen molar-refractivity contribution < 1.29 is 19.4 Å². The molecule has 0 aliphatic carbocycles. The molecular weight excluding hydrogens is 368 g/mol. The maximum atomic E-state index is 12.3. The number of fused-ring (bicyclic) bond motifs is 3. The van der Waals surface area contributed by atoms with Crippen LogP contribution in [-0.4, -0.2) is 21.9 Å². The zero-order chi connectivity index (χ0) is 21.2. The third-order valence-corrected chi connectivity index (χ3v) is 5.51. The molecule has 0 amide bonds. The molecule has 0 saturated carbocycles. The van der Waals surface area contributed by atoms with Gasteiger partial charge in [-0.2, -0.15) is 0 Å². The Balaban J connectivity index is 1.69. The number of benzene rings is 1. The van der Waals surface area contributed by atoms with Crippen molar-refractivity contribution >= 4 is 11.0 Å². The summed E-state index contributed by atoms with van der Waals surface area (Å²) in [7, 11) is 0. The SMILES string of the molecule is CC(C)=CCCC(C)=CCC[C@](C)(O)[C@H]1Cc2c(c3ccc(O)cc3oc2=O)O1. The predicted molar refractivity (Wildman–Crippen MR) is 115 cm³/mol. The molecule has 1 aromatic carbocycles. The number of ether oxygens (including phenoxy) is 1. The van der Waals surface area contributed by atoms with E-state index in [-0.39, 0.29) is 11.3 Å². The second kappa shape index (κ2) is 8.46. The summed E-state index contributed by atoms with van der Waals surface area (Å²) >= 11 is 0. The number of phenols is 1. The van der Waals surface area contributed by atoms with Crippen LogP contribution in [0.1, 0.15) is 58.9 Å². The summed E-state index contributed by atoms with van der Waals surface area (Å²) in [5.74, 6) is 0.476. The lowest BCUT2D eigenvalue weighted by molar-refractivity contribution is -0.0429. The Morgan fingerprint density at radius 3 is 2.72 bits per heavy atom. The van der Waals surface area contributed by atoms with Crippen LogP contribution in [0, 0.1) is 0 Å². The third kappa shape index (κ3) is 4.91. The van der Waals surface area contributed by atoms with Crippen LogP contribution in [0.25, 0.3) is 11.0 Å². The van der Waals surface area contributed by atoms with Crippen LogP contribution in [0.15, 0.2) is 50.7 Å². The van der Waals surface area contributed by atoms with Gasteiger partial charge in [0.05, 0.1) is 16.6 Å². The van der Waals surface area contributed by atoms with Crippen molar-refractivity contribution in [3.63, 3.8) is 0 Å². The molecule has 5 nitrogen and oxygen atoms in total. The van der Waals surface area contributed by atoms with Crippen LogP contribution in [0.4, 0.5) is 0 Å². The van der Waals surface area contributed by atoms with E-state index >= 15 is 0 Å². The minimum Gasteiger partial charge on any atom is -0.508 e. The fourth-order valence-corrected chi connectivity index (χ4v) is 3.69. The van der Waals surface area contributed by atoms with Gasteiger partial charge in [-0.05, 0) is 65.5 Å². The summed E-state index contributed by atoms with van der Waals surface area (Å²) in [5.41, 5.74) is 1.80. The molecule has 2 N–H and O–H groups in total. The number of aromatic hydroxyl groups is 1. The number of hydrogen-bond donors (Lipinski definition) is 2. The van der Waals surface area contributed by atoms with Crippen molar-refractivity contribution in [2.75, 3.05) is 0 Å². The summed E-state index contributed by atoms with van der Waals surface area (Å²) in [4.78, 5) is 12.3. The number of aliphatic hydroxyl groups is 1. The van der Waals surface area contributed by atoms with E-state index < -0.39 is 17.3 Å². The van der Waals surface area contributed by atoms with E-state index in [1.54, 1.807) is 13.0 Å². The summed E-state index contributed by atoms with van der Waals surface area (Å²) in [5, 5.41) is 21.3. The molecule has 1 aromatic heterocycles. The largest absolute Gasteiger partial charge is 0.508 e. The number of allylic oxidation sites excluding steroid dienone is 4. The van der Waals surface area contributed by atoms with Crippen molar-refractivity contribution in [1.29, 1.82) is 0 Å². The average molecular weight is 398 g/mol. The van der Waals surface area contributed by atoms with Gasteiger partial charge in [-0.3, -0.25) is 0 Å². The zero-order valence-electron chi connectivity index (χ0n) is 17.6. The zero-order valence-corrected chi connectivity index (χ0v) is 17.6. The smallest absolute Gasteiger partial charge is 0.343 e. The topological polar surface area (TPSA) is 79.9 Å². The first-order chi connectivity index (χ1) is 13.7. The molecule has 1 aliphatic rings. The Morgan fingerprint density at radius 1 is 1.24 bits per heavy atom. The van der Waals surface area contributed by atoms with Crippen molar-refractivity contribution in [3.05, 3.63) is 57.5 Å². The van der Waals surface area contributed by atoms with Gasteiger partial charge in [-0.1, -0.05) is 23.3 Å². The molecule has 2 atom stereocenters. The lowest BCUT2D eigenvalue weighted by atomic mass is 9.90. The van der Waals surface area contributed by atoms with E-state index in [9.17, 15) is 15.0 Å². The summed E-state index contributed by atoms with van der Waals surface area (Å²) < 4.78 is 11.4. The highest BCUT2D eigenvalue weighted by atomic mass is 16.5. The Morgan fingerprint density at radius 2 is 2.00 bits per heavy atom. The Bertz CT molecular complexity index is 1010. The molecule has 156 valence electrons. The molecule has 0 bridgehead atoms. The van der Waals surface area contributed by atoms with Crippen LogP contribution >= 0.6 is 0 Å². The lowest BCUT2D eigenvalue weighted by Gasteiger charge is -2.29. The minimum absolute atomic E-state index is 0.0221. The highest BCUT2D eigenvalue weighted by Gasteiger charge is 2.40. The van der Waals surface area contributed by atoms with E-state index in [0.717, 1.165) is 19.3 Å². The standard InChI is InChI=1S/C24H30O5/c1-15(2)7-5-8-16(3)9-6-12-24(4,27)21-14-19-22(29-21)18-11-10-17(25)13-20(18)28-23(19)26/h7,9-11,13,21,25,27H,5-6,8,12,14H2,1-4H3/t21-,24+/m1/s1. The monoisotopic (exact) mass is 398 g/mol. The molecule has 5 heteroatoms. The first-order valence-electron chi connectivity index (χ1n) is 10.1. The highest BCUT2D eigenvalue weighted by Crippen LogP contribution is 2.39. The third-order valence-electron chi connectivity index (χ3n) is 5.51. The fraction of sp³-hybridized carbons (Fsp3) is 0.458. The van der Waals surface area contributed by atoms with Gasteiger partial charge in [0.1, 0.15) is 23.2 Å². The summed E-state index contributed by atoms with van der Waals surface area (Å²) in [6.45, 7) is 8.07. The molecule has 29 heavy (non-hydrogen) atoms. The molecule has 1 aliphatic heterocycles. The van der Waals surface area contributed by atoms with Gasteiger partial charge in [0, 0.05) is 12.5 Å². The molecule has 0 unspecified atom stereocenters. The quantitative estimate of drug-likeness (QED) is 0.505. The van der Waals surface area contributed by atoms with Crippen LogP contribution in [0.2, 0.25) is 0 Å². The molecule has 0 saturated heterocycles. The normalized spacial score (nSPS) is 18.2. The Hall–Kier alpha value is -2.53. The minimum atomic E-state index is -1.08. The summed E-state index contributed by atoms with van der Waals surface area (Å²) in [6.07, 6.45) is 7.51. The van der Waals surface area contributed by atoms with E-state index in [1.165, 1.54) is 23.3 Å². The molecule has 2 aromatic rings. The van der Waals surface area contributed by atoms with Gasteiger partial charge in [0.2, 0.25) is 0 Å². The van der Waals surface area contributed by atoms with Crippen molar-refractivity contribution in [2.24, 2.45) is 0 Å². The molecule has 2 heterocycles. The first kappa shape index (κ1) is 21.2. The second-order valence-electron chi connectivity index (χ2n) is 8.45. The van der Waals surface area contributed by atoms with Gasteiger partial charge in [-0.25, -0.2) is 4.79 Å². The Kier molecular flexibility index (Phi) is 6.18. The second-order valence-corrected chi connectivity index (χ2v) is 8.45. The van der Waals surface area contributed by atoms with E-state index in [0.29, 0.717) is 29.5 Å². The van der Waals surface area contributed by atoms with Gasteiger partial charge < -0.3 is 19.4 Å². The van der Waals surface area contributed by atoms with Gasteiger partial charge >= 0.3 is 5.63 Å². The number of phenolic OH excluding ortho intramolecular Hbond substituents is 1. The van der Waals surface area contributed by atoms with Gasteiger partial charge in [0.15, 0.2) is 0 Å². The van der Waals surface area contributed by atoms with Crippen LogP contribution in [-0.2, 0) is 6.42 Å². The molecular formula is C24H30O5. The average Bonchev–Trinajstić information content (AvgIpc) is 3.08. The molecule has 0 radical (unpaired) electrons. The maximum absolute atomic E-state index is 12.3. The number of rotatable bonds is 7. The summed E-state index contributed by atoms with van der Waals surface area (Å²) in [6, 6.07) is 4.59. The molecule has 0 spiro atoms. The van der Waals surface area contributed by atoms with Crippen molar-refractivity contribution in [2.45, 2.75) is 71.5 Å². The maximum Gasteiger partial charge on any atom is 0.343 e. The van der Waals surface area contributed by atoms with E-state index in [1.807, 2.05) is 0 Å². The molecule has 0 fully saturated rings. The van der Waals surface area contributed by atoms with Crippen LogP contribution in [0.5, 0.6) is 11.5 Å². The van der Waals surface area contributed by atoms with Gasteiger partial charge in [0.25, 0.3) is 0 Å². The van der Waals surface area contributed by atoms with Crippen LogP contribution < -0.4 is 10.4 Å². The molecule has 3 rings (SSSR count). The Labute approximate surface area is 171 Å². The van der Waals surface area contributed by atoms with Crippen molar-refractivity contribution in [3.8, 4) is 11.5 Å². The highest BCUT2D eigenvalue weighted by molar-refractivity contribution is 5.86. The number of hydrogen-bond acceptors (Lipinski definition) is 5. The predicted octanol–water partition coefficient (Wildman–Crippen LogP) is 5.03. The van der Waals surface area contributed by atoms with E-state index in [2.05, 4.69) is 32.9 Å². The van der Waals surface area contributed by atoms with Gasteiger partial charge in [-0.15, -0.1) is 0 Å². The lowest BCUT2D eigenvalue weighted by Crippen LogP contribution is -2.42. The fourth-order valence-electron chi connectivity index (χ4n) is 3.69. The van der Waals surface area contributed by atoms with E-state index in [4.69, 9.17) is 9.15 Å².